The van der Waals surface area contributed by atoms with E-state index in [2.05, 4.69) is 10.3 Å². The minimum Gasteiger partial charge on any atom is -0.497 e. The van der Waals surface area contributed by atoms with Crippen LogP contribution in [-0.4, -0.2) is 33.3 Å². The van der Waals surface area contributed by atoms with E-state index in [1.54, 1.807) is 22.8 Å². The molecule has 0 aliphatic carbocycles. The molecule has 0 bridgehead atoms. The molecule has 4 rings (SSSR count). The van der Waals surface area contributed by atoms with Crippen LogP contribution in [0.2, 0.25) is 0 Å². The highest BCUT2D eigenvalue weighted by Gasteiger charge is 2.18. The van der Waals surface area contributed by atoms with Crippen LogP contribution in [0.1, 0.15) is 0 Å². The summed E-state index contributed by atoms with van der Waals surface area (Å²) in [7, 11) is -2.40. The summed E-state index contributed by atoms with van der Waals surface area (Å²) in [6, 6.07) is 9.68. The zero-order valence-electron chi connectivity index (χ0n) is 14.9. The van der Waals surface area contributed by atoms with Gasteiger partial charge in [0.1, 0.15) is 19.0 Å². The molecular weight excluding hydrogens is 400 g/mol. The van der Waals surface area contributed by atoms with Gasteiger partial charge < -0.3 is 18.8 Å². The first-order chi connectivity index (χ1) is 13.5. The molecule has 2 aromatic carbocycles. The van der Waals surface area contributed by atoms with Gasteiger partial charge in [-0.2, -0.15) is 8.42 Å². The van der Waals surface area contributed by atoms with E-state index in [4.69, 9.17) is 20.6 Å². The van der Waals surface area contributed by atoms with E-state index < -0.39 is 10.0 Å². The Labute approximate surface area is 165 Å². The fraction of sp³-hybridized carbons (Fsp3) is 0.211. The Morgan fingerprint density at radius 1 is 1.21 bits per heavy atom. The average molecular weight is 416 g/mol. The first kappa shape index (κ1) is 18.4. The fourth-order valence-electron chi connectivity index (χ4n) is 2.82. The number of ether oxygens (including phenoxy) is 3. The molecule has 3 aromatic rings. The first-order valence-corrected chi connectivity index (χ1v) is 10.6. The fourth-order valence-corrected chi connectivity index (χ4v) is 5.07. The van der Waals surface area contributed by atoms with Crippen LogP contribution in [0.3, 0.4) is 0 Å². The van der Waals surface area contributed by atoms with Gasteiger partial charge >= 0.3 is 0 Å². The summed E-state index contributed by atoms with van der Waals surface area (Å²) >= 11 is 1.23. The summed E-state index contributed by atoms with van der Waals surface area (Å²) < 4.78 is 48.4. The Kier molecular flexibility index (Phi) is 4.75. The Balaban J connectivity index is 1.88. The predicted octanol–water partition coefficient (Wildman–Crippen LogP) is 2.41. The summed E-state index contributed by atoms with van der Waals surface area (Å²) in [6.45, 7) is 1.11. The molecule has 0 fully saturated rings. The topological polar surface area (TPSA) is 79.1 Å². The highest BCUT2D eigenvalue weighted by atomic mass is 32.2. The van der Waals surface area contributed by atoms with Crippen molar-refractivity contribution in [1.82, 2.24) is 4.57 Å². The number of terminal acetylenes is 1. The number of thiazole rings is 1. The highest BCUT2D eigenvalue weighted by Crippen LogP contribution is 2.35. The Morgan fingerprint density at radius 2 is 1.89 bits per heavy atom. The van der Waals surface area contributed by atoms with Gasteiger partial charge in [0.25, 0.3) is 10.0 Å². The largest absolute Gasteiger partial charge is 0.497 e. The van der Waals surface area contributed by atoms with Gasteiger partial charge in [-0.3, -0.25) is 0 Å². The molecule has 0 unspecified atom stereocenters. The second kappa shape index (κ2) is 7.22. The van der Waals surface area contributed by atoms with Crippen LogP contribution >= 0.6 is 11.3 Å². The molecule has 0 N–H and O–H groups in total. The number of hydrogen-bond donors (Lipinski definition) is 0. The molecular formula is C19H16N2O5S2. The molecule has 1 aliphatic rings. The number of rotatable bonds is 4. The second-order valence-electron chi connectivity index (χ2n) is 5.88. The normalized spacial score (nSPS) is 14.1. The molecule has 9 heteroatoms. The number of sulfonamides is 1. The zero-order chi connectivity index (χ0) is 19.7. The van der Waals surface area contributed by atoms with Crippen molar-refractivity contribution >= 4 is 31.6 Å². The van der Waals surface area contributed by atoms with Crippen molar-refractivity contribution < 1.29 is 22.6 Å². The second-order valence-corrected chi connectivity index (χ2v) is 8.49. The van der Waals surface area contributed by atoms with Gasteiger partial charge in [-0.25, -0.2) is 0 Å². The van der Waals surface area contributed by atoms with Gasteiger partial charge in [-0.05, 0) is 24.3 Å². The van der Waals surface area contributed by atoms with E-state index in [0.717, 1.165) is 10.2 Å². The third kappa shape index (κ3) is 3.32. The Hall–Kier alpha value is -2.96. The number of fused-ring (bicyclic) bond motifs is 2. The molecule has 0 saturated heterocycles. The lowest BCUT2D eigenvalue weighted by atomic mass is 10.2. The molecule has 2 heterocycles. The zero-order valence-corrected chi connectivity index (χ0v) is 16.5. The van der Waals surface area contributed by atoms with Gasteiger partial charge in [0, 0.05) is 12.1 Å². The lowest BCUT2D eigenvalue weighted by molar-refractivity contribution is 0.172. The van der Waals surface area contributed by atoms with Crippen molar-refractivity contribution in [2.24, 2.45) is 4.40 Å². The maximum Gasteiger partial charge on any atom is 0.285 e. The number of hydrogen-bond acceptors (Lipinski definition) is 6. The van der Waals surface area contributed by atoms with E-state index in [0.29, 0.717) is 30.5 Å². The van der Waals surface area contributed by atoms with Crippen molar-refractivity contribution in [1.29, 1.82) is 0 Å². The Bertz CT molecular complexity index is 1250. The van der Waals surface area contributed by atoms with Crippen molar-refractivity contribution in [3.05, 3.63) is 41.2 Å². The minimum atomic E-state index is -3.92. The van der Waals surface area contributed by atoms with Crippen LogP contribution in [0.4, 0.5) is 0 Å². The summed E-state index contributed by atoms with van der Waals surface area (Å²) in [5, 5.41) is 0. The third-order valence-corrected chi connectivity index (χ3v) is 6.59. The molecule has 0 radical (unpaired) electrons. The maximum atomic E-state index is 12.8. The van der Waals surface area contributed by atoms with E-state index in [-0.39, 0.29) is 16.2 Å². The van der Waals surface area contributed by atoms with Gasteiger partial charge in [0.2, 0.25) is 4.80 Å². The van der Waals surface area contributed by atoms with E-state index in [1.807, 2.05) is 6.07 Å². The molecule has 28 heavy (non-hydrogen) atoms. The van der Waals surface area contributed by atoms with Gasteiger partial charge in [-0.15, -0.1) is 10.8 Å². The van der Waals surface area contributed by atoms with Crippen LogP contribution in [0.5, 0.6) is 17.2 Å². The van der Waals surface area contributed by atoms with Crippen LogP contribution in [0.25, 0.3) is 10.2 Å². The van der Waals surface area contributed by atoms with Crippen molar-refractivity contribution in [3.63, 3.8) is 0 Å². The molecule has 0 saturated carbocycles. The summed E-state index contributed by atoms with van der Waals surface area (Å²) in [4.78, 5) is 0.357. The van der Waals surface area contributed by atoms with Crippen molar-refractivity contribution in [2.75, 3.05) is 20.3 Å². The lowest BCUT2D eigenvalue weighted by Crippen LogP contribution is -2.17. The minimum absolute atomic E-state index is 0.0731. The molecule has 0 spiro atoms. The molecule has 0 amide bonds. The molecule has 7 nitrogen and oxygen atoms in total. The number of methoxy groups -OCH3 is 1. The van der Waals surface area contributed by atoms with Crippen molar-refractivity contribution in [3.8, 4) is 29.6 Å². The number of nitrogens with zero attached hydrogens (tertiary/aromatic N) is 2. The van der Waals surface area contributed by atoms with Gasteiger partial charge in [0.15, 0.2) is 11.5 Å². The van der Waals surface area contributed by atoms with E-state index in [9.17, 15) is 8.42 Å². The summed E-state index contributed by atoms with van der Waals surface area (Å²) in [5.74, 6) is 4.34. The Morgan fingerprint density at radius 3 is 2.54 bits per heavy atom. The first-order valence-electron chi connectivity index (χ1n) is 8.33. The van der Waals surface area contributed by atoms with Gasteiger partial charge in [0.05, 0.1) is 28.8 Å². The highest BCUT2D eigenvalue weighted by molar-refractivity contribution is 7.90. The average Bonchev–Trinajstić information content (AvgIpc) is 3.02. The van der Waals surface area contributed by atoms with Crippen LogP contribution in [0.15, 0.2) is 45.7 Å². The molecule has 1 aliphatic heterocycles. The van der Waals surface area contributed by atoms with Crippen LogP contribution in [-0.2, 0) is 16.6 Å². The summed E-state index contributed by atoms with van der Waals surface area (Å²) in [5.41, 5.74) is 0.746. The van der Waals surface area contributed by atoms with Crippen molar-refractivity contribution in [2.45, 2.75) is 11.4 Å². The third-order valence-electron chi connectivity index (χ3n) is 4.15. The number of aromatic nitrogens is 1. The monoisotopic (exact) mass is 416 g/mol. The smallest absolute Gasteiger partial charge is 0.285 e. The van der Waals surface area contributed by atoms with E-state index in [1.165, 1.54) is 30.6 Å². The van der Waals surface area contributed by atoms with E-state index >= 15 is 0 Å². The van der Waals surface area contributed by atoms with Crippen LogP contribution < -0.4 is 19.0 Å². The molecule has 0 atom stereocenters. The van der Waals surface area contributed by atoms with Crippen LogP contribution in [0, 0.1) is 12.3 Å². The summed E-state index contributed by atoms with van der Waals surface area (Å²) in [6.07, 6.45) is 5.50. The standard InChI is InChI=1S/C19H16N2O5S2/c1-3-8-21-15-11-16-17(26-10-9-25-16)12-18(15)27-19(21)20-28(22,23)14-6-4-13(24-2)5-7-14/h1,4-7,11-12H,8-10H2,2H3. The number of benzene rings is 2. The maximum absolute atomic E-state index is 12.8. The van der Waals surface area contributed by atoms with Gasteiger partial charge in [-0.1, -0.05) is 17.3 Å². The quantitative estimate of drug-likeness (QED) is 0.611. The molecule has 144 valence electrons. The molecule has 1 aromatic heterocycles. The SMILES string of the molecule is C#CCn1c(=NS(=O)(=O)c2ccc(OC)cc2)sc2cc3c(cc21)OCCO3. The lowest BCUT2D eigenvalue weighted by Gasteiger charge is -2.18. The predicted molar refractivity (Wildman–Crippen MR) is 105 cm³/mol.